The number of fused-ring (bicyclic) bond motifs is 1. The summed E-state index contributed by atoms with van der Waals surface area (Å²) in [5, 5.41) is 3.06. The van der Waals surface area contributed by atoms with E-state index in [1.165, 1.54) is 0 Å². The first-order valence-corrected chi connectivity index (χ1v) is 8.90. The van der Waals surface area contributed by atoms with Crippen molar-refractivity contribution in [3.8, 4) is 0 Å². The first kappa shape index (κ1) is 16.4. The highest BCUT2D eigenvalue weighted by atomic mass is 16.5. The van der Waals surface area contributed by atoms with E-state index in [9.17, 15) is 4.79 Å². The largest absolute Gasteiger partial charge is 0.379 e. The van der Waals surface area contributed by atoms with Crippen molar-refractivity contribution in [3.05, 3.63) is 23.8 Å². The summed E-state index contributed by atoms with van der Waals surface area (Å²) in [4.78, 5) is 19.5. The Morgan fingerprint density at radius 1 is 1.24 bits per heavy atom. The first-order chi connectivity index (χ1) is 12.2. The first-order valence-electron chi connectivity index (χ1n) is 8.90. The molecule has 7 nitrogen and oxygen atoms in total. The summed E-state index contributed by atoms with van der Waals surface area (Å²) >= 11 is 0. The molecule has 1 amide bonds. The Kier molecular flexibility index (Phi) is 4.59. The van der Waals surface area contributed by atoms with E-state index in [1.807, 2.05) is 25.2 Å². The van der Waals surface area contributed by atoms with Crippen molar-refractivity contribution in [2.45, 2.75) is 18.9 Å². The molecule has 0 unspecified atom stereocenters. The Balaban J connectivity index is 1.56. The van der Waals surface area contributed by atoms with Gasteiger partial charge in [-0.1, -0.05) is 0 Å². The van der Waals surface area contributed by atoms with Crippen molar-refractivity contribution in [2.75, 3.05) is 44.4 Å². The number of aryl methyl sites for hydroxylation is 1. The number of amides is 1. The average Bonchev–Trinajstić information content (AvgIpc) is 2.99. The van der Waals surface area contributed by atoms with E-state index in [4.69, 9.17) is 14.5 Å². The maximum Gasteiger partial charge on any atom is 0.251 e. The van der Waals surface area contributed by atoms with Gasteiger partial charge in [0.2, 0.25) is 5.95 Å². The van der Waals surface area contributed by atoms with Crippen molar-refractivity contribution in [1.29, 1.82) is 0 Å². The molecule has 2 aliphatic rings. The fraction of sp³-hybridized carbons (Fsp3) is 0.556. The van der Waals surface area contributed by atoms with Crippen LogP contribution in [0.3, 0.4) is 0 Å². The van der Waals surface area contributed by atoms with Gasteiger partial charge in [-0.15, -0.1) is 0 Å². The minimum atomic E-state index is -0.0593. The second-order valence-corrected chi connectivity index (χ2v) is 6.66. The van der Waals surface area contributed by atoms with E-state index in [2.05, 4.69) is 14.8 Å². The number of aromatic nitrogens is 2. The summed E-state index contributed by atoms with van der Waals surface area (Å²) in [5.74, 6) is 0.868. The van der Waals surface area contributed by atoms with Crippen LogP contribution < -0.4 is 10.2 Å². The lowest BCUT2D eigenvalue weighted by molar-refractivity contribution is 0.0624. The molecule has 134 valence electrons. The van der Waals surface area contributed by atoms with Gasteiger partial charge >= 0.3 is 0 Å². The number of nitrogens with zero attached hydrogens (tertiary/aromatic N) is 3. The quantitative estimate of drug-likeness (QED) is 0.909. The zero-order chi connectivity index (χ0) is 17.2. The van der Waals surface area contributed by atoms with Crippen molar-refractivity contribution in [1.82, 2.24) is 14.9 Å². The predicted octanol–water partition coefficient (Wildman–Crippen LogP) is 1.32. The summed E-state index contributed by atoms with van der Waals surface area (Å²) in [6, 6.07) is 5.81. The van der Waals surface area contributed by atoms with Crippen LogP contribution in [0.25, 0.3) is 11.0 Å². The van der Waals surface area contributed by atoms with E-state index in [-0.39, 0.29) is 11.9 Å². The van der Waals surface area contributed by atoms with E-state index >= 15 is 0 Å². The van der Waals surface area contributed by atoms with Crippen molar-refractivity contribution in [3.63, 3.8) is 0 Å². The molecule has 2 saturated heterocycles. The Morgan fingerprint density at radius 2 is 2.08 bits per heavy atom. The number of benzene rings is 1. The number of nitrogens with one attached hydrogen (secondary N) is 1. The molecule has 4 rings (SSSR count). The molecule has 0 aliphatic carbocycles. The van der Waals surface area contributed by atoms with Crippen molar-refractivity contribution >= 4 is 22.9 Å². The van der Waals surface area contributed by atoms with Gasteiger partial charge < -0.3 is 24.3 Å². The SMILES string of the molecule is Cn1c(N2CCOCC2)nc2cc(C(=O)N[C@H]3CCCOC3)ccc21. The van der Waals surface area contributed by atoms with Crippen LogP contribution in [-0.2, 0) is 16.5 Å². The molecule has 2 fully saturated rings. The molecule has 25 heavy (non-hydrogen) atoms. The van der Waals surface area contributed by atoms with Crippen LogP contribution in [0.2, 0.25) is 0 Å². The van der Waals surface area contributed by atoms with Crippen LogP contribution in [-0.4, -0.2) is 61.0 Å². The molecule has 0 radical (unpaired) electrons. The molecule has 1 aromatic carbocycles. The predicted molar refractivity (Wildman–Crippen MR) is 95.1 cm³/mol. The van der Waals surface area contributed by atoms with Gasteiger partial charge in [-0.05, 0) is 31.0 Å². The molecule has 7 heteroatoms. The van der Waals surface area contributed by atoms with E-state index < -0.39 is 0 Å². The standard InChI is InChI=1S/C18H24N4O3/c1-21-16-5-4-13(17(23)19-14-3-2-8-25-12-14)11-15(16)20-18(21)22-6-9-24-10-7-22/h4-5,11,14H,2-3,6-10,12H2,1H3,(H,19,23)/t14-/m0/s1. The van der Waals surface area contributed by atoms with E-state index in [1.54, 1.807) is 0 Å². The van der Waals surface area contributed by atoms with Crippen LogP contribution >= 0.6 is 0 Å². The lowest BCUT2D eigenvalue weighted by Crippen LogP contribution is -2.40. The smallest absolute Gasteiger partial charge is 0.251 e. The normalized spacial score (nSPS) is 21.5. The van der Waals surface area contributed by atoms with Crippen molar-refractivity contribution < 1.29 is 14.3 Å². The molecular formula is C18H24N4O3. The Hall–Kier alpha value is -2.12. The molecule has 2 aliphatic heterocycles. The number of rotatable bonds is 3. The maximum absolute atomic E-state index is 12.5. The monoisotopic (exact) mass is 344 g/mol. The van der Waals surface area contributed by atoms with Crippen molar-refractivity contribution in [2.24, 2.45) is 7.05 Å². The number of imidazole rings is 1. The van der Waals surface area contributed by atoms with Gasteiger partial charge in [0.25, 0.3) is 5.91 Å². The van der Waals surface area contributed by atoms with Gasteiger partial charge in [0.1, 0.15) is 0 Å². The van der Waals surface area contributed by atoms with Crippen LogP contribution in [0.15, 0.2) is 18.2 Å². The third kappa shape index (κ3) is 3.34. The Bertz CT molecular complexity index is 761. The number of anilines is 1. The Labute approximate surface area is 146 Å². The Morgan fingerprint density at radius 3 is 2.84 bits per heavy atom. The maximum atomic E-state index is 12.5. The summed E-state index contributed by atoms with van der Waals surface area (Å²) < 4.78 is 12.9. The molecular weight excluding hydrogens is 320 g/mol. The van der Waals surface area contributed by atoms with Crippen LogP contribution in [0, 0.1) is 0 Å². The zero-order valence-corrected chi connectivity index (χ0v) is 14.5. The van der Waals surface area contributed by atoms with Crippen LogP contribution in [0.5, 0.6) is 0 Å². The third-order valence-corrected chi connectivity index (χ3v) is 4.91. The molecule has 0 saturated carbocycles. The molecule has 3 heterocycles. The fourth-order valence-corrected chi connectivity index (χ4v) is 3.50. The fourth-order valence-electron chi connectivity index (χ4n) is 3.50. The number of hydrogen-bond acceptors (Lipinski definition) is 5. The summed E-state index contributed by atoms with van der Waals surface area (Å²) in [7, 11) is 2.01. The lowest BCUT2D eigenvalue weighted by atomic mass is 10.1. The van der Waals surface area contributed by atoms with Gasteiger partial charge in [-0.25, -0.2) is 4.98 Å². The molecule has 1 aromatic heterocycles. The highest BCUT2D eigenvalue weighted by Gasteiger charge is 2.20. The molecule has 1 atom stereocenters. The second kappa shape index (κ2) is 7.01. The van der Waals surface area contributed by atoms with Gasteiger partial charge in [0, 0.05) is 32.3 Å². The van der Waals surface area contributed by atoms with Gasteiger partial charge in [0.05, 0.1) is 36.9 Å². The summed E-state index contributed by atoms with van der Waals surface area (Å²) in [6.45, 7) is 4.51. The molecule has 2 aromatic rings. The molecule has 0 spiro atoms. The van der Waals surface area contributed by atoms with Crippen LogP contribution in [0.4, 0.5) is 5.95 Å². The molecule has 0 bridgehead atoms. The summed E-state index contributed by atoms with van der Waals surface area (Å²) in [6.07, 6.45) is 1.96. The second-order valence-electron chi connectivity index (χ2n) is 6.66. The number of hydrogen-bond donors (Lipinski definition) is 1. The zero-order valence-electron chi connectivity index (χ0n) is 14.5. The van der Waals surface area contributed by atoms with Gasteiger partial charge in [0.15, 0.2) is 0 Å². The highest BCUT2D eigenvalue weighted by Crippen LogP contribution is 2.23. The number of ether oxygens (including phenoxy) is 2. The number of carbonyl (C=O) groups excluding carboxylic acids is 1. The topological polar surface area (TPSA) is 68.6 Å². The third-order valence-electron chi connectivity index (χ3n) is 4.91. The average molecular weight is 344 g/mol. The minimum Gasteiger partial charge on any atom is -0.379 e. The van der Waals surface area contributed by atoms with Gasteiger partial charge in [-0.3, -0.25) is 4.79 Å². The van der Waals surface area contributed by atoms with E-state index in [0.29, 0.717) is 12.2 Å². The minimum absolute atomic E-state index is 0.0593. The lowest BCUT2D eigenvalue weighted by Gasteiger charge is -2.27. The highest BCUT2D eigenvalue weighted by molar-refractivity contribution is 5.97. The van der Waals surface area contributed by atoms with E-state index in [0.717, 1.165) is 62.7 Å². The number of carbonyl (C=O) groups is 1. The summed E-state index contributed by atoms with van der Waals surface area (Å²) in [5.41, 5.74) is 2.51. The van der Waals surface area contributed by atoms with Gasteiger partial charge in [-0.2, -0.15) is 0 Å². The molecule has 1 N–H and O–H groups in total. The number of morpholine rings is 1. The van der Waals surface area contributed by atoms with Crippen LogP contribution in [0.1, 0.15) is 23.2 Å².